The van der Waals surface area contributed by atoms with Crippen LogP contribution < -0.4 is 4.74 Å². The summed E-state index contributed by atoms with van der Waals surface area (Å²) in [7, 11) is 0. The lowest BCUT2D eigenvalue weighted by molar-refractivity contribution is -0.274. The maximum atomic E-state index is 13.1. The number of carboxylic acid groups (broad SMARTS) is 1. The summed E-state index contributed by atoms with van der Waals surface area (Å²) in [6.07, 6.45) is 3.42. The van der Waals surface area contributed by atoms with Gasteiger partial charge in [0.2, 0.25) is 11.7 Å². The summed E-state index contributed by atoms with van der Waals surface area (Å²) in [6, 6.07) is 12.3. The van der Waals surface area contributed by atoms with Crippen molar-refractivity contribution in [3.63, 3.8) is 0 Å². The smallest absolute Gasteiger partial charge is 0.478 e. The molecule has 44 heavy (non-hydrogen) atoms. The maximum absolute atomic E-state index is 13.1. The van der Waals surface area contributed by atoms with Gasteiger partial charge in [0.25, 0.3) is 0 Å². The van der Waals surface area contributed by atoms with Crippen molar-refractivity contribution in [2.45, 2.75) is 82.1 Å². The van der Waals surface area contributed by atoms with Gasteiger partial charge in [-0.15, -0.1) is 13.2 Å². The molecule has 0 spiro atoms. The second kappa shape index (κ2) is 12.4. The summed E-state index contributed by atoms with van der Waals surface area (Å²) in [5, 5.41) is 17.7. The molecule has 2 fully saturated rings. The lowest BCUT2D eigenvalue weighted by Gasteiger charge is -2.33. The molecule has 0 bridgehead atoms. The SMILES string of the molecule is O=C(O)c1cccc(-c2noc(C3(CCCOCc4c(-c5ccccc5OC(F)(F)F)noc4C4CC4)CCCCC3)n2)c1. The molecule has 2 saturated carbocycles. The van der Waals surface area contributed by atoms with Crippen molar-refractivity contribution in [1.29, 1.82) is 0 Å². The summed E-state index contributed by atoms with van der Waals surface area (Å²) in [5.74, 6) is 0.360. The molecule has 2 aliphatic rings. The highest BCUT2D eigenvalue weighted by Gasteiger charge is 2.39. The van der Waals surface area contributed by atoms with Gasteiger partial charge in [0, 0.05) is 34.6 Å². The van der Waals surface area contributed by atoms with Crippen molar-refractivity contribution >= 4 is 5.97 Å². The van der Waals surface area contributed by atoms with E-state index in [1.54, 1.807) is 18.2 Å². The highest BCUT2D eigenvalue weighted by Crippen LogP contribution is 2.46. The third-order valence-electron chi connectivity index (χ3n) is 8.38. The number of carbonyl (C=O) groups is 1. The van der Waals surface area contributed by atoms with E-state index in [1.807, 2.05) is 0 Å². The van der Waals surface area contributed by atoms with E-state index in [0.717, 1.165) is 51.4 Å². The molecule has 0 saturated heterocycles. The normalized spacial score (nSPS) is 16.6. The van der Waals surface area contributed by atoms with E-state index >= 15 is 0 Å². The van der Waals surface area contributed by atoms with Gasteiger partial charge in [0.05, 0.1) is 12.2 Å². The fourth-order valence-electron chi connectivity index (χ4n) is 6.05. The molecule has 4 aromatic rings. The number of para-hydroxylation sites is 1. The number of halogens is 3. The van der Waals surface area contributed by atoms with Crippen molar-refractivity contribution < 1.29 is 41.6 Å². The maximum Gasteiger partial charge on any atom is 0.573 e. The van der Waals surface area contributed by atoms with Crippen molar-refractivity contribution in [3.05, 3.63) is 71.3 Å². The van der Waals surface area contributed by atoms with E-state index < -0.39 is 12.3 Å². The monoisotopic (exact) mass is 611 g/mol. The number of hydrogen-bond acceptors (Lipinski definition) is 8. The van der Waals surface area contributed by atoms with Crippen LogP contribution in [0.15, 0.2) is 57.6 Å². The van der Waals surface area contributed by atoms with Gasteiger partial charge in [-0.1, -0.05) is 53.8 Å². The number of hydrogen-bond donors (Lipinski definition) is 1. The number of alkyl halides is 3. The van der Waals surface area contributed by atoms with E-state index in [-0.39, 0.29) is 34.8 Å². The molecule has 6 rings (SSSR count). The molecule has 2 aromatic carbocycles. The Balaban J connectivity index is 1.14. The summed E-state index contributed by atoms with van der Waals surface area (Å²) in [4.78, 5) is 16.1. The van der Waals surface area contributed by atoms with Crippen molar-refractivity contribution in [2.24, 2.45) is 0 Å². The van der Waals surface area contributed by atoms with Crippen LogP contribution >= 0.6 is 0 Å². The van der Waals surface area contributed by atoms with Crippen molar-refractivity contribution in [2.75, 3.05) is 6.61 Å². The van der Waals surface area contributed by atoms with Gasteiger partial charge < -0.3 is 23.6 Å². The van der Waals surface area contributed by atoms with Crippen LogP contribution in [-0.2, 0) is 16.8 Å². The third-order valence-corrected chi connectivity index (χ3v) is 8.38. The van der Waals surface area contributed by atoms with E-state index in [0.29, 0.717) is 47.3 Å². The highest BCUT2D eigenvalue weighted by atomic mass is 19.4. The Morgan fingerprint density at radius 1 is 1.02 bits per heavy atom. The highest BCUT2D eigenvalue weighted by molar-refractivity contribution is 5.89. The van der Waals surface area contributed by atoms with E-state index in [2.05, 4.69) is 15.1 Å². The summed E-state index contributed by atoms with van der Waals surface area (Å²) >= 11 is 0. The fraction of sp³-hybridized carbons (Fsp3) is 0.438. The van der Waals surface area contributed by atoms with Gasteiger partial charge in [-0.25, -0.2) is 4.79 Å². The predicted molar refractivity (Wildman–Crippen MR) is 151 cm³/mol. The van der Waals surface area contributed by atoms with Gasteiger partial charge in [0.1, 0.15) is 17.2 Å². The minimum atomic E-state index is -4.84. The molecule has 9 nitrogen and oxygen atoms in total. The number of carboxylic acids is 1. The van der Waals surface area contributed by atoms with Crippen LogP contribution in [0.4, 0.5) is 13.2 Å². The molecular weight excluding hydrogens is 579 g/mol. The zero-order chi connectivity index (χ0) is 30.7. The van der Waals surface area contributed by atoms with Crippen molar-refractivity contribution in [1.82, 2.24) is 15.3 Å². The molecule has 12 heteroatoms. The molecule has 2 aliphatic carbocycles. The van der Waals surface area contributed by atoms with Gasteiger partial charge in [-0.05, 0) is 62.8 Å². The minimum absolute atomic E-state index is 0.142. The number of rotatable bonds is 12. The predicted octanol–water partition coefficient (Wildman–Crippen LogP) is 8.06. The molecule has 232 valence electrons. The lowest BCUT2D eigenvalue weighted by Crippen LogP contribution is -2.30. The van der Waals surface area contributed by atoms with Gasteiger partial charge in [0.15, 0.2) is 0 Å². The Hall–Kier alpha value is -4.19. The van der Waals surface area contributed by atoms with E-state index in [1.165, 1.54) is 30.3 Å². The molecule has 0 radical (unpaired) electrons. The molecule has 2 heterocycles. The molecule has 0 atom stereocenters. The van der Waals surface area contributed by atoms with Crippen LogP contribution in [0.5, 0.6) is 5.75 Å². The molecular formula is C32H32F3N3O6. The Morgan fingerprint density at radius 3 is 2.57 bits per heavy atom. The zero-order valence-electron chi connectivity index (χ0n) is 23.9. The first-order valence-electron chi connectivity index (χ1n) is 14.8. The summed E-state index contributed by atoms with van der Waals surface area (Å²) < 4.78 is 61.0. The Bertz CT molecular complexity index is 1600. The van der Waals surface area contributed by atoms with Crippen LogP contribution in [0.25, 0.3) is 22.6 Å². The summed E-state index contributed by atoms with van der Waals surface area (Å²) in [6.45, 7) is 0.543. The van der Waals surface area contributed by atoms with Gasteiger partial charge in [-0.2, -0.15) is 4.98 Å². The topological polar surface area (TPSA) is 121 Å². The van der Waals surface area contributed by atoms with Gasteiger partial charge in [-0.3, -0.25) is 0 Å². The number of ether oxygens (including phenoxy) is 2. The average Bonchev–Trinajstić information content (AvgIpc) is 3.56. The molecule has 2 aromatic heterocycles. The molecule has 0 unspecified atom stereocenters. The molecule has 0 amide bonds. The van der Waals surface area contributed by atoms with E-state index in [9.17, 15) is 23.1 Å². The van der Waals surface area contributed by atoms with Crippen LogP contribution in [0, 0.1) is 0 Å². The van der Waals surface area contributed by atoms with Crippen molar-refractivity contribution in [3.8, 4) is 28.4 Å². The Morgan fingerprint density at radius 2 is 1.82 bits per heavy atom. The molecule has 1 N–H and O–H groups in total. The lowest BCUT2D eigenvalue weighted by atomic mass is 9.71. The van der Waals surface area contributed by atoms with Crippen LogP contribution in [0.3, 0.4) is 0 Å². The van der Waals surface area contributed by atoms with Gasteiger partial charge >= 0.3 is 12.3 Å². The number of benzene rings is 2. The molecule has 0 aliphatic heterocycles. The first kappa shape index (κ1) is 29.9. The second-order valence-corrected chi connectivity index (χ2v) is 11.5. The quantitative estimate of drug-likeness (QED) is 0.159. The number of aromatic nitrogens is 3. The Kier molecular flexibility index (Phi) is 8.44. The van der Waals surface area contributed by atoms with Crippen LogP contribution in [0.1, 0.15) is 91.3 Å². The van der Waals surface area contributed by atoms with Crippen LogP contribution in [0.2, 0.25) is 0 Å². The first-order chi connectivity index (χ1) is 21.2. The zero-order valence-corrected chi connectivity index (χ0v) is 23.9. The van der Waals surface area contributed by atoms with E-state index in [4.69, 9.17) is 18.8 Å². The second-order valence-electron chi connectivity index (χ2n) is 11.5. The fourth-order valence-corrected chi connectivity index (χ4v) is 6.05. The van der Waals surface area contributed by atoms with Crippen LogP contribution in [-0.4, -0.2) is 39.3 Å². The largest absolute Gasteiger partial charge is 0.573 e. The number of nitrogens with zero attached hydrogens (tertiary/aromatic N) is 3. The number of aromatic carboxylic acids is 1. The first-order valence-corrected chi connectivity index (χ1v) is 14.8. The average molecular weight is 612 g/mol. The minimum Gasteiger partial charge on any atom is -0.478 e. The Labute approximate surface area is 251 Å². The third kappa shape index (κ3) is 6.64. The standard InChI is InChI=1S/C32H32F3N3O6/c33-32(34,35)42-25-11-3-2-10-23(25)26-24(27(43-37-26)20-12-13-20)19-41-17-7-16-31(14-4-1-5-15-31)30-36-28(38-44-30)21-8-6-9-22(18-21)29(39)40/h2-3,6,8-11,18,20H,1,4-5,7,12-17,19H2,(H,39,40). The summed E-state index contributed by atoms with van der Waals surface area (Å²) in [5.41, 5.74) is 1.54.